The van der Waals surface area contributed by atoms with Crippen LogP contribution in [0.1, 0.15) is 40.5 Å². The number of hydrogen-bond acceptors (Lipinski definition) is 2. The van der Waals surface area contributed by atoms with Crippen molar-refractivity contribution in [3.8, 4) is 0 Å². The fraction of sp³-hybridized carbons (Fsp3) is 0.400. The van der Waals surface area contributed by atoms with Crippen molar-refractivity contribution in [3.63, 3.8) is 0 Å². The average molecular weight is 177 g/mol. The van der Waals surface area contributed by atoms with Crippen LogP contribution < -0.4 is 0 Å². The van der Waals surface area contributed by atoms with Crippen LogP contribution in [0.5, 0.6) is 0 Å². The molecule has 1 aliphatic rings. The third kappa shape index (κ3) is 1.69. The van der Waals surface area contributed by atoms with Gasteiger partial charge in [0.2, 0.25) is 0 Å². The Morgan fingerprint density at radius 3 is 2.77 bits per heavy atom. The standard InChI is InChI=1S/C10H11NO2/c1-6-4-8(10(12)13)5-9(11-6)7-2-3-7/h4-5,7H,2-3H2,1H3,(H,12,13). The Morgan fingerprint density at radius 2 is 2.23 bits per heavy atom. The van der Waals surface area contributed by atoms with Gasteiger partial charge in [-0.15, -0.1) is 0 Å². The molecule has 2 rings (SSSR count). The van der Waals surface area contributed by atoms with Gasteiger partial charge < -0.3 is 5.11 Å². The lowest BCUT2D eigenvalue weighted by Crippen LogP contribution is -2.00. The van der Waals surface area contributed by atoms with Gasteiger partial charge in [-0.1, -0.05) is 0 Å². The van der Waals surface area contributed by atoms with Crippen LogP contribution >= 0.6 is 0 Å². The monoisotopic (exact) mass is 177 g/mol. The summed E-state index contributed by atoms with van der Waals surface area (Å²) in [5, 5.41) is 8.81. The average Bonchev–Trinajstić information content (AvgIpc) is 2.85. The summed E-state index contributed by atoms with van der Waals surface area (Å²) in [6.07, 6.45) is 2.30. The van der Waals surface area contributed by atoms with Gasteiger partial charge in [0.05, 0.1) is 5.56 Å². The van der Waals surface area contributed by atoms with E-state index in [0.29, 0.717) is 11.5 Å². The first-order valence-corrected chi connectivity index (χ1v) is 4.38. The largest absolute Gasteiger partial charge is 0.478 e. The first kappa shape index (κ1) is 8.23. The number of aromatic carboxylic acids is 1. The molecule has 0 aromatic carbocycles. The summed E-state index contributed by atoms with van der Waals surface area (Å²) in [7, 11) is 0. The molecule has 0 saturated heterocycles. The molecule has 0 amide bonds. The molecule has 1 heterocycles. The van der Waals surface area contributed by atoms with Crippen LogP contribution in [0.4, 0.5) is 0 Å². The first-order chi connectivity index (χ1) is 6.16. The van der Waals surface area contributed by atoms with E-state index in [2.05, 4.69) is 4.98 Å². The lowest BCUT2D eigenvalue weighted by Gasteiger charge is -2.01. The summed E-state index contributed by atoms with van der Waals surface area (Å²) in [6, 6.07) is 3.29. The second kappa shape index (κ2) is 2.83. The van der Waals surface area contributed by atoms with E-state index in [0.717, 1.165) is 24.2 Å². The van der Waals surface area contributed by atoms with Crippen molar-refractivity contribution in [1.82, 2.24) is 4.98 Å². The molecule has 3 nitrogen and oxygen atoms in total. The summed E-state index contributed by atoms with van der Waals surface area (Å²) >= 11 is 0. The van der Waals surface area contributed by atoms with E-state index < -0.39 is 5.97 Å². The minimum absolute atomic E-state index is 0.356. The highest BCUT2D eigenvalue weighted by molar-refractivity contribution is 5.87. The van der Waals surface area contributed by atoms with Gasteiger partial charge in [-0.2, -0.15) is 0 Å². The highest BCUT2D eigenvalue weighted by atomic mass is 16.4. The van der Waals surface area contributed by atoms with Gasteiger partial charge in [-0.3, -0.25) is 4.98 Å². The van der Waals surface area contributed by atoms with Crippen molar-refractivity contribution in [2.75, 3.05) is 0 Å². The highest BCUT2D eigenvalue weighted by Crippen LogP contribution is 2.39. The highest BCUT2D eigenvalue weighted by Gasteiger charge is 2.25. The summed E-state index contributed by atoms with van der Waals surface area (Å²) in [5.41, 5.74) is 2.09. The molecule has 13 heavy (non-hydrogen) atoms. The normalized spacial score (nSPS) is 15.8. The fourth-order valence-corrected chi connectivity index (χ4v) is 1.41. The molecular formula is C10H11NO2. The van der Waals surface area contributed by atoms with E-state index in [1.165, 1.54) is 0 Å². The molecule has 0 spiro atoms. The topological polar surface area (TPSA) is 50.2 Å². The van der Waals surface area contributed by atoms with Crippen molar-refractivity contribution in [3.05, 3.63) is 29.1 Å². The summed E-state index contributed by atoms with van der Waals surface area (Å²) in [6.45, 7) is 1.83. The smallest absolute Gasteiger partial charge is 0.335 e. The molecular weight excluding hydrogens is 166 g/mol. The quantitative estimate of drug-likeness (QED) is 0.751. The SMILES string of the molecule is Cc1cc(C(=O)O)cc(C2CC2)n1. The molecule has 0 aliphatic heterocycles. The third-order valence-corrected chi connectivity index (χ3v) is 2.22. The zero-order valence-electron chi connectivity index (χ0n) is 7.45. The van der Waals surface area contributed by atoms with Crippen molar-refractivity contribution in [2.45, 2.75) is 25.7 Å². The maximum absolute atomic E-state index is 10.7. The second-order valence-electron chi connectivity index (χ2n) is 3.50. The number of carboxylic acid groups (broad SMARTS) is 1. The summed E-state index contributed by atoms with van der Waals surface area (Å²) < 4.78 is 0. The van der Waals surface area contributed by atoms with Crippen molar-refractivity contribution in [1.29, 1.82) is 0 Å². The van der Waals surface area contributed by atoms with Crippen LogP contribution in [0.3, 0.4) is 0 Å². The van der Waals surface area contributed by atoms with Crippen LogP contribution in [0.2, 0.25) is 0 Å². The molecule has 0 unspecified atom stereocenters. The minimum Gasteiger partial charge on any atom is -0.478 e. The molecule has 0 radical (unpaired) electrons. The number of hydrogen-bond donors (Lipinski definition) is 1. The number of pyridine rings is 1. The molecule has 1 N–H and O–H groups in total. The van der Waals surface area contributed by atoms with Gasteiger partial charge in [0.15, 0.2) is 0 Å². The zero-order valence-corrected chi connectivity index (χ0v) is 7.45. The van der Waals surface area contributed by atoms with Gasteiger partial charge in [0, 0.05) is 17.3 Å². The number of aryl methyl sites for hydroxylation is 1. The molecule has 0 bridgehead atoms. The maximum atomic E-state index is 10.7. The first-order valence-electron chi connectivity index (χ1n) is 4.38. The Labute approximate surface area is 76.4 Å². The number of carbonyl (C=O) groups is 1. The molecule has 0 atom stereocenters. The van der Waals surface area contributed by atoms with Crippen molar-refractivity contribution >= 4 is 5.97 Å². The van der Waals surface area contributed by atoms with Gasteiger partial charge in [-0.05, 0) is 31.9 Å². The van der Waals surface area contributed by atoms with E-state index in [4.69, 9.17) is 5.11 Å². The molecule has 1 fully saturated rings. The van der Waals surface area contributed by atoms with Gasteiger partial charge in [0.1, 0.15) is 0 Å². The zero-order chi connectivity index (χ0) is 9.42. The summed E-state index contributed by atoms with van der Waals surface area (Å²) in [4.78, 5) is 15.0. The van der Waals surface area contributed by atoms with E-state index in [1.54, 1.807) is 12.1 Å². The second-order valence-corrected chi connectivity index (χ2v) is 3.50. The van der Waals surface area contributed by atoms with Gasteiger partial charge in [0.25, 0.3) is 0 Å². The number of carboxylic acids is 1. The van der Waals surface area contributed by atoms with E-state index in [1.807, 2.05) is 6.92 Å². The molecule has 1 saturated carbocycles. The third-order valence-electron chi connectivity index (χ3n) is 2.22. The Kier molecular flexibility index (Phi) is 1.79. The Balaban J connectivity index is 2.41. The molecule has 3 heteroatoms. The van der Waals surface area contributed by atoms with Gasteiger partial charge in [-0.25, -0.2) is 4.79 Å². The Bertz CT molecular complexity index is 356. The summed E-state index contributed by atoms with van der Waals surface area (Å²) in [5.74, 6) is -0.356. The molecule has 1 aliphatic carbocycles. The van der Waals surface area contributed by atoms with Crippen LogP contribution in [-0.4, -0.2) is 16.1 Å². The van der Waals surface area contributed by atoms with E-state index in [-0.39, 0.29) is 0 Å². The number of aromatic nitrogens is 1. The van der Waals surface area contributed by atoms with Crippen LogP contribution in [0.25, 0.3) is 0 Å². The molecule has 1 aromatic rings. The van der Waals surface area contributed by atoms with E-state index in [9.17, 15) is 4.79 Å². The number of rotatable bonds is 2. The van der Waals surface area contributed by atoms with Crippen LogP contribution in [0.15, 0.2) is 12.1 Å². The van der Waals surface area contributed by atoms with Crippen LogP contribution in [0, 0.1) is 6.92 Å². The van der Waals surface area contributed by atoms with Crippen molar-refractivity contribution < 1.29 is 9.90 Å². The maximum Gasteiger partial charge on any atom is 0.335 e. The minimum atomic E-state index is -0.868. The fourth-order valence-electron chi connectivity index (χ4n) is 1.41. The predicted molar refractivity (Wildman–Crippen MR) is 47.9 cm³/mol. The van der Waals surface area contributed by atoms with Crippen LogP contribution in [-0.2, 0) is 0 Å². The Hall–Kier alpha value is -1.38. The molecule has 1 aromatic heterocycles. The lowest BCUT2D eigenvalue weighted by atomic mass is 10.1. The van der Waals surface area contributed by atoms with Crippen molar-refractivity contribution in [2.24, 2.45) is 0 Å². The van der Waals surface area contributed by atoms with Gasteiger partial charge >= 0.3 is 5.97 Å². The lowest BCUT2D eigenvalue weighted by molar-refractivity contribution is 0.0696. The Morgan fingerprint density at radius 1 is 1.54 bits per heavy atom. The van der Waals surface area contributed by atoms with E-state index >= 15 is 0 Å². The predicted octanol–water partition coefficient (Wildman–Crippen LogP) is 1.97. The molecule has 68 valence electrons. The number of nitrogens with zero attached hydrogens (tertiary/aromatic N) is 1.